The average molecular weight is 364 g/mol. The minimum atomic E-state index is -1.53. The Bertz CT molecular complexity index is 1000. The molecule has 3 aromatic carbocycles. The highest BCUT2D eigenvalue weighted by atomic mass is 31.1. The van der Waals surface area contributed by atoms with Crippen LogP contribution in [-0.4, -0.2) is 24.4 Å². The molecular weight excluding hydrogens is 347 g/mol. The van der Waals surface area contributed by atoms with Gasteiger partial charge in [-0.25, -0.2) is 0 Å². The Kier molecular flexibility index (Phi) is 3.15. The number of rotatable bonds is 2. The Morgan fingerprint density at radius 2 is 1.19 bits per heavy atom. The standard InChI is InChI=1S/C21H17O4P/c1-24-13-7-4-10-16-19(13)21(23)18-12(22)6-3-9-15(18)26(16)17-11-5-8-14(25-2)20(17)21/h3-11,22-23H,1-2H3. The molecule has 3 heterocycles. The largest absolute Gasteiger partial charge is 0.508 e. The molecule has 2 bridgehead atoms. The Hall–Kier alpha value is -2.55. The zero-order valence-corrected chi connectivity index (χ0v) is 15.2. The van der Waals surface area contributed by atoms with Crippen molar-refractivity contribution in [1.29, 1.82) is 0 Å². The van der Waals surface area contributed by atoms with Crippen LogP contribution in [0.4, 0.5) is 0 Å². The number of phenolic OH excluding ortho intramolecular Hbond substituents is 1. The summed E-state index contributed by atoms with van der Waals surface area (Å²) in [5, 5.41) is 25.9. The van der Waals surface area contributed by atoms with Crippen molar-refractivity contribution >= 4 is 23.8 Å². The molecule has 0 aromatic heterocycles. The lowest BCUT2D eigenvalue weighted by molar-refractivity contribution is 0.117. The minimum absolute atomic E-state index is 0.0885. The predicted octanol–water partition coefficient (Wildman–Crippen LogP) is 2.08. The van der Waals surface area contributed by atoms with E-state index < -0.39 is 13.5 Å². The number of methoxy groups -OCH3 is 2. The first-order chi connectivity index (χ1) is 12.6. The van der Waals surface area contributed by atoms with Crippen LogP contribution < -0.4 is 25.4 Å². The van der Waals surface area contributed by atoms with Crippen LogP contribution >= 0.6 is 7.92 Å². The van der Waals surface area contributed by atoms with Gasteiger partial charge in [-0.05, 0) is 42.0 Å². The molecule has 3 aliphatic rings. The molecule has 3 aliphatic heterocycles. The van der Waals surface area contributed by atoms with Crippen molar-refractivity contribution in [2.45, 2.75) is 5.60 Å². The third-order valence-electron chi connectivity index (χ3n) is 5.28. The summed E-state index contributed by atoms with van der Waals surface area (Å²) in [5.41, 5.74) is 0.432. The molecular formula is C21H17O4P. The molecule has 2 N–H and O–H groups in total. The van der Waals surface area contributed by atoms with E-state index in [1.54, 1.807) is 20.3 Å². The normalized spacial score (nSPS) is 21.6. The van der Waals surface area contributed by atoms with Gasteiger partial charge in [0.05, 0.1) is 14.2 Å². The molecule has 0 fully saturated rings. The number of hydrogen-bond donors (Lipinski definition) is 2. The van der Waals surface area contributed by atoms with Crippen molar-refractivity contribution in [3.63, 3.8) is 0 Å². The lowest BCUT2D eigenvalue weighted by Crippen LogP contribution is -2.52. The van der Waals surface area contributed by atoms with E-state index in [1.807, 2.05) is 48.5 Å². The fourth-order valence-electron chi connectivity index (χ4n) is 4.33. The highest BCUT2D eigenvalue weighted by Crippen LogP contribution is 2.60. The Balaban J connectivity index is 2.01. The lowest BCUT2D eigenvalue weighted by atomic mass is 9.77. The molecule has 0 aliphatic carbocycles. The van der Waals surface area contributed by atoms with E-state index in [0.717, 1.165) is 15.9 Å². The number of benzene rings is 3. The van der Waals surface area contributed by atoms with E-state index in [4.69, 9.17) is 9.47 Å². The molecule has 26 heavy (non-hydrogen) atoms. The van der Waals surface area contributed by atoms with Crippen LogP contribution in [0.5, 0.6) is 17.2 Å². The summed E-state index contributed by atoms with van der Waals surface area (Å²) in [6.45, 7) is 0. The lowest BCUT2D eigenvalue weighted by Gasteiger charge is -2.48. The van der Waals surface area contributed by atoms with Gasteiger partial charge in [0.15, 0.2) is 5.60 Å². The van der Waals surface area contributed by atoms with Crippen LogP contribution in [0.3, 0.4) is 0 Å². The SMILES string of the molecule is COc1cccc2c1C1(O)c3c(O)cccc3P2c2cccc(OC)c21. The maximum atomic E-state index is 12.2. The summed E-state index contributed by atoms with van der Waals surface area (Å²) in [4.78, 5) is 0. The molecule has 6 rings (SSSR count). The summed E-state index contributed by atoms with van der Waals surface area (Å²) in [5.74, 6) is 1.32. The summed E-state index contributed by atoms with van der Waals surface area (Å²) < 4.78 is 11.2. The number of aromatic hydroxyl groups is 1. The predicted molar refractivity (Wildman–Crippen MR) is 102 cm³/mol. The van der Waals surface area contributed by atoms with Gasteiger partial charge in [0.2, 0.25) is 0 Å². The third-order valence-corrected chi connectivity index (χ3v) is 7.84. The quantitative estimate of drug-likeness (QED) is 0.684. The Labute approximate surface area is 152 Å². The fourth-order valence-corrected chi connectivity index (χ4v) is 7.30. The van der Waals surface area contributed by atoms with Crippen molar-refractivity contribution in [3.05, 3.63) is 71.3 Å². The van der Waals surface area contributed by atoms with Crippen LogP contribution in [0.15, 0.2) is 54.6 Å². The topological polar surface area (TPSA) is 58.9 Å². The molecule has 0 amide bonds. The number of ether oxygens (including phenoxy) is 2. The number of hydrogen-bond acceptors (Lipinski definition) is 4. The smallest absolute Gasteiger partial charge is 0.153 e. The highest BCUT2D eigenvalue weighted by molar-refractivity contribution is 7.80. The summed E-state index contributed by atoms with van der Waals surface area (Å²) in [7, 11) is 2.28. The first-order valence-electron chi connectivity index (χ1n) is 8.32. The van der Waals surface area contributed by atoms with Gasteiger partial charge in [-0.2, -0.15) is 0 Å². The van der Waals surface area contributed by atoms with Crippen LogP contribution in [0.2, 0.25) is 0 Å². The monoisotopic (exact) mass is 364 g/mol. The number of phenols is 1. The van der Waals surface area contributed by atoms with Crippen molar-refractivity contribution in [2.75, 3.05) is 14.2 Å². The van der Waals surface area contributed by atoms with Crippen molar-refractivity contribution in [2.24, 2.45) is 0 Å². The summed E-state index contributed by atoms with van der Waals surface area (Å²) in [6, 6.07) is 17.1. The summed E-state index contributed by atoms with van der Waals surface area (Å²) in [6.07, 6.45) is 0. The minimum Gasteiger partial charge on any atom is -0.508 e. The van der Waals surface area contributed by atoms with Gasteiger partial charge in [-0.1, -0.05) is 36.4 Å². The van der Waals surface area contributed by atoms with E-state index >= 15 is 0 Å². The fraction of sp³-hybridized carbons (Fsp3) is 0.143. The zero-order chi connectivity index (χ0) is 18.1. The molecule has 4 nitrogen and oxygen atoms in total. The van der Waals surface area contributed by atoms with Gasteiger partial charge in [0, 0.05) is 16.7 Å². The van der Waals surface area contributed by atoms with E-state index in [2.05, 4.69) is 0 Å². The third kappa shape index (κ3) is 1.66. The van der Waals surface area contributed by atoms with Crippen LogP contribution in [0.25, 0.3) is 0 Å². The average Bonchev–Trinajstić information content (AvgIpc) is 2.67. The van der Waals surface area contributed by atoms with Gasteiger partial charge in [-0.3, -0.25) is 0 Å². The van der Waals surface area contributed by atoms with Gasteiger partial charge in [-0.15, -0.1) is 0 Å². The van der Waals surface area contributed by atoms with Crippen LogP contribution in [0.1, 0.15) is 16.7 Å². The number of aliphatic hydroxyl groups is 1. The second kappa shape index (κ2) is 5.23. The van der Waals surface area contributed by atoms with Crippen molar-refractivity contribution in [1.82, 2.24) is 0 Å². The molecule has 0 saturated heterocycles. The van der Waals surface area contributed by atoms with E-state index in [-0.39, 0.29) is 5.75 Å². The highest BCUT2D eigenvalue weighted by Gasteiger charge is 2.55. The molecule has 5 heteroatoms. The van der Waals surface area contributed by atoms with Crippen molar-refractivity contribution < 1.29 is 19.7 Å². The molecule has 0 spiro atoms. The van der Waals surface area contributed by atoms with Crippen LogP contribution in [-0.2, 0) is 5.60 Å². The molecule has 0 atom stereocenters. The maximum absolute atomic E-state index is 12.2. The zero-order valence-electron chi connectivity index (χ0n) is 14.4. The molecule has 0 radical (unpaired) electrons. The van der Waals surface area contributed by atoms with Crippen LogP contribution in [0, 0.1) is 0 Å². The molecule has 0 saturated carbocycles. The summed E-state index contributed by atoms with van der Waals surface area (Å²) >= 11 is 0. The first kappa shape index (κ1) is 15.7. The molecule has 3 aromatic rings. The van der Waals surface area contributed by atoms with Gasteiger partial charge < -0.3 is 19.7 Å². The first-order valence-corrected chi connectivity index (χ1v) is 9.67. The van der Waals surface area contributed by atoms with E-state index in [0.29, 0.717) is 28.2 Å². The van der Waals surface area contributed by atoms with E-state index in [9.17, 15) is 10.2 Å². The van der Waals surface area contributed by atoms with Gasteiger partial charge in [0.1, 0.15) is 17.2 Å². The van der Waals surface area contributed by atoms with E-state index in [1.165, 1.54) is 0 Å². The maximum Gasteiger partial charge on any atom is 0.153 e. The van der Waals surface area contributed by atoms with Gasteiger partial charge >= 0.3 is 0 Å². The Morgan fingerprint density at radius 1 is 0.731 bits per heavy atom. The molecule has 130 valence electrons. The Morgan fingerprint density at radius 3 is 1.69 bits per heavy atom. The van der Waals surface area contributed by atoms with Crippen molar-refractivity contribution in [3.8, 4) is 17.2 Å². The second-order valence-corrected chi connectivity index (χ2v) is 8.54. The van der Waals surface area contributed by atoms with Gasteiger partial charge in [0.25, 0.3) is 0 Å². The molecule has 0 unspecified atom stereocenters. The second-order valence-electron chi connectivity index (χ2n) is 6.43.